The van der Waals surface area contributed by atoms with E-state index in [0.717, 1.165) is 38.4 Å². The van der Waals surface area contributed by atoms with Crippen LogP contribution in [-0.2, 0) is 17.8 Å². The number of methoxy groups -OCH3 is 2. The molecule has 2 aromatic heterocycles. The fourth-order valence-electron chi connectivity index (χ4n) is 5.44. The van der Waals surface area contributed by atoms with Crippen LogP contribution in [0.1, 0.15) is 21.6 Å². The highest BCUT2D eigenvalue weighted by molar-refractivity contribution is 6.04. The van der Waals surface area contributed by atoms with Crippen molar-refractivity contribution >= 4 is 17.4 Å². The Hall–Kier alpha value is -4.81. The molecule has 1 saturated heterocycles. The number of aromatic nitrogens is 2. The van der Waals surface area contributed by atoms with Gasteiger partial charge in [0.2, 0.25) is 0 Å². The number of carbonyl (C=O) groups is 1. The van der Waals surface area contributed by atoms with Crippen LogP contribution in [0.3, 0.4) is 0 Å². The van der Waals surface area contributed by atoms with Gasteiger partial charge >= 0.3 is 0 Å². The molecule has 234 valence electrons. The maximum Gasteiger partial charge on any atom is 0.258 e. The van der Waals surface area contributed by atoms with Crippen LogP contribution in [0.15, 0.2) is 60.8 Å². The van der Waals surface area contributed by atoms with E-state index in [1.54, 1.807) is 49.6 Å². The highest BCUT2D eigenvalue weighted by Gasteiger charge is 2.33. The smallest absolute Gasteiger partial charge is 0.258 e. The summed E-state index contributed by atoms with van der Waals surface area (Å²) in [7, 11) is 3.11. The summed E-state index contributed by atoms with van der Waals surface area (Å²) >= 11 is 0. The SMILES string of the molecule is COc1ccc(CN2Cc3nc(-c4c(F)cccc4F)cc(Nc4ccc(OCCN5CCOCC5)cn4)c3C2=O)c(OC)c1. The maximum absolute atomic E-state index is 14.9. The third kappa shape index (κ3) is 6.66. The molecule has 1 N–H and O–H groups in total. The van der Waals surface area contributed by atoms with Crippen LogP contribution >= 0.6 is 0 Å². The van der Waals surface area contributed by atoms with Crippen LogP contribution < -0.4 is 19.5 Å². The Balaban J connectivity index is 1.26. The summed E-state index contributed by atoms with van der Waals surface area (Å²) in [6.45, 7) is 4.84. The molecule has 0 aliphatic carbocycles. The van der Waals surface area contributed by atoms with Gasteiger partial charge in [0, 0.05) is 31.3 Å². The molecule has 4 heterocycles. The Labute approximate surface area is 259 Å². The fourth-order valence-corrected chi connectivity index (χ4v) is 5.44. The number of hydrogen-bond donors (Lipinski definition) is 1. The summed E-state index contributed by atoms with van der Waals surface area (Å²) in [5.74, 6) is 0.405. The summed E-state index contributed by atoms with van der Waals surface area (Å²) < 4.78 is 51.8. The van der Waals surface area contributed by atoms with E-state index >= 15 is 0 Å². The van der Waals surface area contributed by atoms with Crippen molar-refractivity contribution < 1.29 is 32.5 Å². The van der Waals surface area contributed by atoms with Crippen molar-refractivity contribution in [3.63, 3.8) is 0 Å². The zero-order chi connectivity index (χ0) is 31.3. The van der Waals surface area contributed by atoms with Gasteiger partial charge in [-0.1, -0.05) is 6.07 Å². The number of carbonyl (C=O) groups excluding carboxylic acids is 1. The van der Waals surface area contributed by atoms with Gasteiger partial charge in [-0.25, -0.2) is 18.7 Å². The number of ether oxygens (including phenoxy) is 4. The zero-order valence-electron chi connectivity index (χ0n) is 25.0. The summed E-state index contributed by atoms with van der Waals surface area (Å²) in [6, 6.07) is 14.0. The molecule has 0 bridgehead atoms. The van der Waals surface area contributed by atoms with Crippen molar-refractivity contribution in [2.45, 2.75) is 13.1 Å². The Kier molecular flexibility index (Phi) is 9.03. The number of nitrogens with one attached hydrogen (secondary N) is 1. The molecule has 4 aromatic rings. The molecule has 0 unspecified atom stereocenters. The van der Waals surface area contributed by atoms with E-state index in [2.05, 4.69) is 20.2 Å². The molecule has 2 aliphatic heterocycles. The summed E-state index contributed by atoms with van der Waals surface area (Å²) in [5.41, 5.74) is 1.57. The van der Waals surface area contributed by atoms with Crippen molar-refractivity contribution in [1.29, 1.82) is 0 Å². The summed E-state index contributed by atoms with van der Waals surface area (Å²) in [6.07, 6.45) is 1.59. The molecular formula is C33H33F2N5O5. The van der Waals surface area contributed by atoms with Crippen molar-refractivity contribution in [3.05, 3.63) is 89.2 Å². The second kappa shape index (κ2) is 13.4. The highest BCUT2D eigenvalue weighted by Crippen LogP contribution is 2.37. The normalized spacial score (nSPS) is 14.8. The lowest BCUT2D eigenvalue weighted by atomic mass is 10.1. The van der Waals surface area contributed by atoms with Gasteiger partial charge in [-0.05, 0) is 42.5 Å². The van der Waals surface area contributed by atoms with Gasteiger partial charge in [-0.3, -0.25) is 9.69 Å². The Morgan fingerprint density at radius 1 is 0.956 bits per heavy atom. The standard InChI is InChI=1S/C33H33F2N5O5/c1-42-22-7-6-21(29(16-22)43-2)19-40-20-28-32(33(40)41)27(17-26(37-28)31-24(34)4-3-5-25(31)35)38-30-9-8-23(18-36-30)45-15-12-39-10-13-44-14-11-39/h3-9,16-18H,10-15,19-20H2,1-2H3,(H,36,37,38). The number of amides is 1. The first-order valence-electron chi connectivity index (χ1n) is 14.6. The van der Waals surface area contributed by atoms with Gasteiger partial charge in [0.05, 0.1) is 74.9 Å². The molecule has 6 rings (SSSR count). The number of fused-ring (bicyclic) bond motifs is 1. The molecule has 0 saturated carbocycles. The Bertz CT molecular complexity index is 1660. The van der Waals surface area contributed by atoms with E-state index in [1.807, 2.05) is 6.07 Å². The predicted octanol–water partition coefficient (Wildman–Crippen LogP) is 5.05. The molecule has 1 amide bonds. The zero-order valence-corrected chi connectivity index (χ0v) is 25.0. The molecule has 0 atom stereocenters. The lowest BCUT2D eigenvalue weighted by Gasteiger charge is -2.26. The molecule has 10 nitrogen and oxygen atoms in total. The van der Waals surface area contributed by atoms with Crippen LogP contribution in [0.2, 0.25) is 0 Å². The van der Waals surface area contributed by atoms with Gasteiger partial charge < -0.3 is 29.2 Å². The van der Waals surface area contributed by atoms with E-state index in [4.69, 9.17) is 18.9 Å². The number of anilines is 2. The van der Waals surface area contributed by atoms with Crippen LogP contribution in [0.25, 0.3) is 11.3 Å². The summed E-state index contributed by atoms with van der Waals surface area (Å²) in [4.78, 5) is 26.7. The predicted molar refractivity (Wildman–Crippen MR) is 163 cm³/mol. The van der Waals surface area contributed by atoms with Crippen LogP contribution in [0.5, 0.6) is 17.2 Å². The quantitative estimate of drug-likeness (QED) is 0.248. The van der Waals surface area contributed by atoms with Crippen molar-refractivity contribution in [2.24, 2.45) is 0 Å². The molecule has 45 heavy (non-hydrogen) atoms. The first-order chi connectivity index (χ1) is 21.9. The average molecular weight is 618 g/mol. The second-order valence-corrected chi connectivity index (χ2v) is 10.6. The minimum atomic E-state index is -0.755. The van der Waals surface area contributed by atoms with Crippen molar-refractivity contribution in [2.75, 3.05) is 59.0 Å². The monoisotopic (exact) mass is 617 g/mol. The van der Waals surface area contributed by atoms with E-state index in [1.165, 1.54) is 24.3 Å². The van der Waals surface area contributed by atoms with E-state index < -0.39 is 11.6 Å². The number of hydrogen-bond acceptors (Lipinski definition) is 9. The molecule has 12 heteroatoms. The first kappa shape index (κ1) is 30.2. The van der Waals surface area contributed by atoms with Gasteiger partial charge in [0.1, 0.15) is 41.3 Å². The van der Waals surface area contributed by atoms with E-state index in [-0.39, 0.29) is 30.3 Å². The molecule has 2 aromatic carbocycles. The van der Waals surface area contributed by atoms with Crippen LogP contribution in [0, 0.1) is 11.6 Å². The van der Waals surface area contributed by atoms with Crippen LogP contribution in [-0.4, -0.2) is 79.3 Å². The third-order valence-electron chi connectivity index (χ3n) is 7.79. The summed E-state index contributed by atoms with van der Waals surface area (Å²) in [5, 5.41) is 3.18. The Morgan fingerprint density at radius 3 is 2.44 bits per heavy atom. The first-order valence-corrected chi connectivity index (χ1v) is 14.6. The van der Waals surface area contributed by atoms with Gasteiger partial charge in [0.15, 0.2) is 0 Å². The third-order valence-corrected chi connectivity index (χ3v) is 7.79. The average Bonchev–Trinajstić information content (AvgIpc) is 3.37. The fraction of sp³-hybridized carbons (Fsp3) is 0.303. The number of halogens is 2. The second-order valence-electron chi connectivity index (χ2n) is 10.6. The Morgan fingerprint density at radius 2 is 1.73 bits per heavy atom. The lowest BCUT2D eigenvalue weighted by Crippen LogP contribution is -2.38. The molecule has 1 fully saturated rings. The van der Waals surface area contributed by atoms with Crippen molar-refractivity contribution in [3.8, 4) is 28.5 Å². The number of rotatable bonds is 11. The molecule has 0 radical (unpaired) electrons. The van der Waals surface area contributed by atoms with Gasteiger partial charge in [-0.15, -0.1) is 0 Å². The highest BCUT2D eigenvalue weighted by atomic mass is 19.1. The molecule has 0 spiro atoms. The van der Waals surface area contributed by atoms with Gasteiger partial charge in [0.25, 0.3) is 5.91 Å². The minimum Gasteiger partial charge on any atom is -0.497 e. The number of nitrogens with zero attached hydrogens (tertiary/aromatic N) is 4. The maximum atomic E-state index is 14.9. The number of morpholine rings is 1. The van der Waals surface area contributed by atoms with Crippen molar-refractivity contribution in [1.82, 2.24) is 19.8 Å². The van der Waals surface area contributed by atoms with Crippen LogP contribution in [0.4, 0.5) is 20.3 Å². The minimum absolute atomic E-state index is 0.0617. The number of benzene rings is 2. The largest absolute Gasteiger partial charge is 0.497 e. The lowest BCUT2D eigenvalue weighted by molar-refractivity contribution is 0.0322. The van der Waals surface area contributed by atoms with Gasteiger partial charge in [-0.2, -0.15) is 0 Å². The topological polar surface area (TPSA) is 98.3 Å². The molecule has 2 aliphatic rings. The van der Waals surface area contributed by atoms with E-state index in [9.17, 15) is 13.6 Å². The van der Waals surface area contributed by atoms with E-state index in [0.29, 0.717) is 46.6 Å². The molecular weight excluding hydrogens is 584 g/mol. The number of pyridine rings is 2.